The summed E-state index contributed by atoms with van der Waals surface area (Å²) in [6.07, 6.45) is 4.93. The number of hydrogen-bond donors (Lipinski definition) is 2. The molecule has 1 aromatic rings. The van der Waals surface area contributed by atoms with Crippen LogP contribution in [-0.2, 0) is 0 Å². The van der Waals surface area contributed by atoms with Crippen LogP contribution in [0.5, 0.6) is 0 Å². The lowest BCUT2D eigenvalue weighted by molar-refractivity contribution is 0.0943. The molecule has 3 rings (SSSR count). The summed E-state index contributed by atoms with van der Waals surface area (Å²) in [5.41, 5.74) is 7.63. The number of likely N-dealkylation sites (N-methyl/N-ethyl adjacent to an activating group) is 1. The molecular weight excluding hydrogens is 288 g/mol. The zero-order valence-electron chi connectivity index (χ0n) is 14.1. The molecule has 2 heterocycles. The first kappa shape index (κ1) is 15.7. The van der Waals surface area contributed by atoms with Gasteiger partial charge in [-0.3, -0.25) is 9.79 Å². The van der Waals surface area contributed by atoms with E-state index in [9.17, 15) is 4.79 Å². The van der Waals surface area contributed by atoms with Gasteiger partial charge in [-0.15, -0.1) is 0 Å². The van der Waals surface area contributed by atoms with Crippen LogP contribution in [0.15, 0.2) is 34.8 Å². The second-order valence-electron chi connectivity index (χ2n) is 6.65. The fourth-order valence-corrected chi connectivity index (χ4v) is 3.24. The van der Waals surface area contributed by atoms with Crippen molar-refractivity contribution in [1.29, 1.82) is 0 Å². The van der Waals surface area contributed by atoms with Gasteiger partial charge in [-0.25, -0.2) is 5.01 Å². The van der Waals surface area contributed by atoms with Crippen LogP contribution in [0.4, 0.5) is 5.69 Å². The van der Waals surface area contributed by atoms with Gasteiger partial charge < -0.3 is 10.7 Å². The van der Waals surface area contributed by atoms with E-state index in [2.05, 4.69) is 33.7 Å². The molecule has 2 N–H and O–H groups in total. The number of aliphatic imine (C=N–C) groups is 1. The largest absolute Gasteiger partial charge is 0.350 e. The van der Waals surface area contributed by atoms with Crippen LogP contribution in [0.3, 0.4) is 0 Å². The van der Waals surface area contributed by atoms with Crippen LogP contribution in [-0.4, -0.2) is 36.3 Å². The van der Waals surface area contributed by atoms with Crippen molar-refractivity contribution in [2.45, 2.75) is 45.3 Å². The van der Waals surface area contributed by atoms with Crippen LogP contribution >= 0.6 is 0 Å². The monoisotopic (exact) mass is 312 g/mol. The SMILES string of the molecule is CC1CC(C2c3cc(C(=O)NC(C)C)ccc3NN2C)=CC=N1. The Balaban J connectivity index is 1.93. The zero-order valence-corrected chi connectivity index (χ0v) is 14.1. The van der Waals surface area contributed by atoms with Crippen LogP contribution < -0.4 is 10.7 Å². The molecule has 0 spiro atoms. The molecule has 0 aromatic heterocycles. The predicted molar refractivity (Wildman–Crippen MR) is 93.8 cm³/mol. The molecular formula is C18H24N4O. The van der Waals surface area contributed by atoms with Gasteiger partial charge in [0.05, 0.1) is 17.8 Å². The Morgan fingerprint density at radius 3 is 2.91 bits per heavy atom. The lowest BCUT2D eigenvalue weighted by atomic mass is 9.91. The third-order valence-corrected chi connectivity index (χ3v) is 4.22. The average molecular weight is 312 g/mol. The van der Waals surface area contributed by atoms with Crippen molar-refractivity contribution >= 4 is 17.8 Å². The highest BCUT2D eigenvalue weighted by atomic mass is 16.1. The number of dihydropyridines is 1. The molecule has 0 fully saturated rings. The highest BCUT2D eigenvalue weighted by Crippen LogP contribution is 2.41. The second kappa shape index (κ2) is 6.16. The van der Waals surface area contributed by atoms with Crippen molar-refractivity contribution in [1.82, 2.24) is 10.3 Å². The Labute approximate surface area is 137 Å². The van der Waals surface area contributed by atoms with Gasteiger partial charge in [0.1, 0.15) is 0 Å². The summed E-state index contributed by atoms with van der Waals surface area (Å²) in [5.74, 6) is -0.0244. The molecule has 2 unspecified atom stereocenters. The maximum atomic E-state index is 12.3. The Bertz CT molecular complexity index is 678. The summed E-state index contributed by atoms with van der Waals surface area (Å²) in [4.78, 5) is 16.7. The lowest BCUT2D eigenvalue weighted by Gasteiger charge is -2.25. The number of benzene rings is 1. The van der Waals surface area contributed by atoms with E-state index < -0.39 is 0 Å². The van der Waals surface area contributed by atoms with E-state index >= 15 is 0 Å². The molecule has 122 valence electrons. The van der Waals surface area contributed by atoms with E-state index in [0.29, 0.717) is 11.6 Å². The number of fused-ring (bicyclic) bond motifs is 1. The van der Waals surface area contributed by atoms with Crippen molar-refractivity contribution in [2.75, 3.05) is 12.5 Å². The molecule has 5 nitrogen and oxygen atoms in total. The number of hydrazine groups is 1. The first-order valence-corrected chi connectivity index (χ1v) is 8.12. The van der Waals surface area contributed by atoms with E-state index in [0.717, 1.165) is 17.7 Å². The molecule has 1 aromatic carbocycles. The van der Waals surface area contributed by atoms with Gasteiger partial charge in [-0.05, 0) is 57.0 Å². The van der Waals surface area contributed by atoms with Crippen molar-refractivity contribution in [3.05, 3.63) is 41.0 Å². The molecule has 2 aliphatic rings. The summed E-state index contributed by atoms with van der Waals surface area (Å²) in [6, 6.07) is 6.45. The standard InChI is InChI=1S/C18H24N4O/c1-11(2)20-18(23)14-5-6-16-15(10-14)17(22(4)21-16)13-7-8-19-12(3)9-13/h5-8,10-12,17,21H,9H2,1-4H3,(H,20,23). The summed E-state index contributed by atoms with van der Waals surface area (Å²) >= 11 is 0. The van der Waals surface area contributed by atoms with Gasteiger partial charge in [-0.1, -0.05) is 0 Å². The van der Waals surface area contributed by atoms with Gasteiger partial charge in [-0.2, -0.15) is 0 Å². The number of hydrogen-bond acceptors (Lipinski definition) is 4. The quantitative estimate of drug-likeness (QED) is 0.902. The van der Waals surface area contributed by atoms with E-state index in [1.165, 1.54) is 5.57 Å². The van der Waals surface area contributed by atoms with E-state index in [-0.39, 0.29) is 18.0 Å². The first-order chi connectivity index (χ1) is 11.0. The molecule has 2 aliphatic heterocycles. The summed E-state index contributed by atoms with van der Waals surface area (Å²) < 4.78 is 0. The van der Waals surface area contributed by atoms with Gasteiger partial charge in [0.25, 0.3) is 5.91 Å². The minimum Gasteiger partial charge on any atom is -0.350 e. The molecule has 0 radical (unpaired) electrons. The Kier molecular flexibility index (Phi) is 4.22. The number of nitrogens with one attached hydrogen (secondary N) is 2. The molecule has 23 heavy (non-hydrogen) atoms. The highest BCUT2D eigenvalue weighted by Gasteiger charge is 2.32. The number of rotatable bonds is 3. The molecule has 0 saturated heterocycles. The number of carbonyl (C=O) groups is 1. The number of allylic oxidation sites excluding steroid dienone is 1. The van der Waals surface area contributed by atoms with Crippen molar-refractivity contribution in [3.63, 3.8) is 0 Å². The first-order valence-electron chi connectivity index (χ1n) is 8.12. The second-order valence-corrected chi connectivity index (χ2v) is 6.65. The fourth-order valence-electron chi connectivity index (χ4n) is 3.24. The van der Waals surface area contributed by atoms with Gasteiger partial charge in [0, 0.05) is 30.4 Å². The number of amides is 1. The van der Waals surface area contributed by atoms with Gasteiger partial charge in [0.2, 0.25) is 0 Å². The molecule has 0 saturated carbocycles. The number of anilines is 1. The maximum Gasteiger partial charge on any atom is 0.251 e. The predicted octanol–water partition coefficient (Wildman–Crippen LogP) is 2.93. The van der Waals surface area contributed by atoms with Crippen molar-refractivity contribution in [3.8, 4) is 0 Å². The van der Waals surface area contributed by atoms with Crippen molar-refractivity contribution < 1.29 is 4.79 Å². The topological polar surface area (TPSA) is 56.7 Å². The minimum absolute atomic E-state index is 0.0244. The Morgan fingerprint density at radius 2 is 2.22 bits per heavy atom. The summed E-state index contributed by atoms with van der Waals surface area (Å²) in [5, 5.41) is 5.06. The smallest absolute Gasteiger partial charge is 0.251 e. The molecule has 2 atom stereocenters. The van der Waals surface area contributed by atoms with Crippen LogP contribution in [0.1, 0.15) is 49.2 Å². The molecule has 0 aliphatic carbocycles. The van der Waals surface area contributed by atoms with E-state index in [1.807, 2.05) is 45.3 Å². The van der Waals surface area contributed by atoms with Crippen LogP contribution in [0.25, 0.3) is 0 Å². The lowest BCUT2D eigenvalue weighted by Crippen LogP contribution is -2.30. The third kappa shape index (κ3) is 3.15. The Hall–Kier alpha value is -2.14. The summed E-state index contributed by atoms with van der Waals surface area (Å²) in [6.45, 7) is 6.06. The molecule has 1 amide bonds. The van der Waals surface area contributed by atoms with E-state index in [4.69, 9.17) is 0 Å². The van der Waals surface area contributed by atoms with E-state index in [1.54, 1.807) is 0 Å². The van der Waals surface area contributed by atoms with Crippen molar-refractivity contribution in [2.24, 2.45) is 4.99 Å². The molecule has 5 heteroatoms. The maximum absolute atomic E-state index is 12.3. The molecule has 0 bridgehead atoms. The average Bonchev–Trinajstić information content (AvgIpc) is 2.81. The van der Waals surface area contributed by atoms with Gasteiger partial charge >= 0.3 is 0 Å². The minimum atomic E-state index is -0.0244. The third-order valence-electron chi connectivity index (χ3n) is 4.22. The highest BCUT2D eigenvalue weighted by molar-refractivity contribution is 5.95. The number of nitrogens with zero attached hydrogens (tertiary/aromatic N) is 2. The normalized spacial score (nSPS) is 23.4. The Morgan fingerprint density at radius 1 is 1.43 bits per heavy atom. The summed E-state index contributed by atoms with van der Waals surface area (Å²) in [7, 11) is 2.04. The zero-order chi connectivity index (χ0) is 16.6. The van der Waals surface area contributed by atoms with Crippen LogP contribution in [0, 0.1) is 0 Å². The van der Waals surface area contributed by atoms with Crippen LogP contribution in [0.2, 0.25) is 0 Å². The fraction of sp³-hybridized carbons (Fsp3) is 0.444. The van der Waals surface area contributed by atoms with Gasteiger partial charge in [0.15, 0.2) is 0 Å². The number of carbonyl (C=O) groups excluding carboxylic acids is 1.